The Morgan fingerprint density at radius 2 is 2.38 bits per heavy atom. The van der Waals surface area contributed by atoms with Crippen LogP contribution in [0.5, 0.6) is 0 Å². The Hall–Kier alpha value is -1.27. The van der Waals surface area contributed by atoms with Crippen molar-refractivity contribution >= 4 is 5.91 Å². The summed E-state index contributed by atoms with van der Waals surface area (Å²) in [6, 6.07) is 0. The second-order valence-corrected chi connectivity index (χ2v) is 2.81. The number of hydrogen-bond acceptors (Lipinski definition) is 5. The molecule has 0 aliphatic carbocycles. The molecule has 1 amide bonds. The summed E-state index contributed by atoms with van der Waals surface area (Å²) in [5.41, 5.74) is 6.42. The molecule has 1 saturated heterocycles. The van der Waals surface area contributed by atoms with Gasteiger partial charge < -0.3 is 21.4 Å². The topological polar surface area (TPSA) is 96.4 Å². The van der Waals surface area contributed by atoms with Crippen molar-refractivity contribution in [2.45, 2.75) is 0 Å². The minimum atomic E-state index is -0.297. The molecule has 6 N–H and O–H groups in total. The van der Waals surface area contributed by atoms with Crippen LogP contribution in [0.25, 0.3) is 0 Å². The molecule has 0 spiro atoms. The van der Waals surface area contributed by atoms with Gasteiger partial charge in [0.1, 0.15) is 5.70 Å². The summed E-state index contributed by atoms with van der Waals surface area (Å²) in [5.74, 6) is 5.35. The van der Waals surface area contributed by atoms with E-state index in [1.807, 2.05) is 0 Å². The molecule has 0 unspecified atom stereocenters. The number of nitrogens with one attached hydrogen (secondary N) is 2. The van der Waals surface area contributed by atoms with Crippen LogP contribution in [0.1, 0.15) is 0 Å². The molecule has 0 atom stereocenters. The van der Waals surface area contributed by atoms with E-state index in [-0.39, 0.29) is 11.6 Å². The van der Waals surface area contributed by atoms with Crippen LogP contribution in [0.2, 0.25) is 0 Å². The van der Waals surface area contributed by atoms with Gasteiger partial charge in [0.2, 0.25) is 0 Å². The molecule has 0 saturated carbocycles. The Bertz CT molecular complexity index is 237. The minimum Gasteiger partial charge on any atom is -0.393 e. The van der Waals surface area contributed by atoms with Gasteiger partial charge in [0.05, 0.1) is 5.70 Å². The lowest BCUT2D eigenvalue weighted by atomic mass is 10.2. The van der Waals surface area contributed by atoms with Crippen LogP contribution in [0.3, 0.4) is 0 Å². The molecule has 1 aliphatic heterocycles. The van der Waals surface area contributed by atoms with Crippen molar-refractivity contribution in [1.82, 2.24) is 15.6 Å². The SMILES string of the molecule is CNC(=O)/C(N)=C1\CNCCN1N. The first-order valence-electron chi connectivity index (χ1n) is 4.10. The van der Waals surface area contributed by atoms with E-state index >= 15 is 0 Å². The lowest BCUT2D eigenvalue weighted by Crippen LogP contribution is -2.48. The molecule has 0 bridgehead atoms. The van der Waals surface area contributed by atoms with Crippen LogP contribution in [-0.4, -0.2) is 37.6 Å². The normalized spacial score (nSPS) is 21.2. The lowest BCUT2D eigenvalue weighted by Gasteiger charge is -2.28. The molecular weight excluding hydrogens is 170 g/mol. The smallest absolute Gasteiger partial charge is 0.268 e. The number of carbonyl (C=O) groups excluding carboxylic acids is 1. The van der Waals surface area contributed by atoms with E-state index in [9.17, 15) is 4.79 Å². The summed E-state index contributed by atoms with van der Waals surface area (Å²) in [4.78, 5) is 11.2. The number of rotatable bonds is 1. The maximum atomic E-state index is 11.2. The van der Waals surface area contributed by atoms with Gasteiger partial charge in [-0.1, -0.05) is 0 Å². The van der Waals surface area contributed by atoms with Crippen molar-refractivity contribution in [3.8, 4) is 0 Å². The fraction of sp³-hybridized carbons (Fsp3) is 0.571. The van der Waals surface area contributed by atoms with Crippen LogP contribution in [0.4, 0.5) is 0 Å². The summed E-state index contributed by atoms with van der Waals surface area (Å²) < 4.78 is 0. The number of nitrogens with two attached hydrogens (primary N) is 2. The number of nitrogens with zero attached hydrogens (tertiary/aromatic N) is 1. The Kier molecular flexibility index (Phi) is 3.10. The molecule has 1 fully saturated rings. The molecular formula is C7H15N5O. The van der Waals surface area contributed by atoms with Gasteiger partial charge in [-0.25, -0.2) is 5.84 Å². The number of hydrogen-bond donors (Lipinski definition) is 4. The van der Waals surface area contributed by atoms with Crippen molar-refractivity contribution in [2.75, 3.05) is 26.7 Å². The van der Waals surface area contributed by atoms with Crippen LogP contribution in [-0.2, 0) is 4.79 Å². The molecule has 0 aromatic rings. The Morgan fingerprint density at radius 3 is 2.92 bits per heavy atom. The van der Waals surface area contributed by atoms with Crippen molar-refractivity contribution in [2.24, 2.45) is 11.6 Å². The highest BCUT2D eigenvalue weighted by atomic mass is 16.1. The fourth-order valence-electron chi connectivity index (χ4n) is 1.16. The maximum absolute atomic E-state index is 11.2. The third-order valence-electron chi connectivity index (χ3n) is 1.95. The van der Waals surface area contributed by atoms with Crippen LogP contribution in [0.15, 0.2) is 11.4 Å². The third-order valence-corrected chi connectivity index (χ3v) is 1.95. The van der Waals surface area contributed by atoms with Crippen molar-refractivity contribution < 1.29 is 4.79 Å². The average molecular weight is 185 g/mol. The Labute approximate surface area is 76.9 Å². The predicted molar refractivity (Wildman–Crippen MR) is 49.0 cm³/mol. The van der Waals surface area contributed by atoms with E-state index in [0.29, 0.717) is 18.8 Å². The van der Waals surface area contributed by atoms with E-state index in [0.717, 1.165) is 6.54 Å². The number of piperazine rings is 1. The second-order valence-electron chi connectivity index (χ2n) is 2.81. The number of hydrazine groups is 1. The summed E-state index contributed by atoms with van der Waals surface area (Å²) >= 11 is 0. The van der Waals surface area contributed by atoms with Crippen LogP contribution < -0.4 is 22.2 Å². The standard InChI is InChI=1S/C7H15N5O/c1-10-7(13)6(8)5-4-11-2-3-12(5)9/h11H,2-4,8-9H2,1H3,(H,10,13)/b6-5-. The zero-order valence-corrected chi connectivity index (χ0v) is 7.63. The first kappa shape index (κ1) is 9.82. The van der Waals surface area contributed by atoms with E-state index < -0.39 is 0 Å². The Balaban J connectivity index is 2.80. The van der Waals surface area contributed by atoms with E-state index in [4.69, 9.17) is 11.6 Å². The second kappa shape index (κ2) is 4.11. The van der Waals surface area contributed by atoms with E-state index in [1.165, 1.54) is 12.1 Å². The van der Waals surface area contributed by atoms with E-state index in [1.54, 1.807) is 0 Å². The summed E-state index contributed by atoms with van der Waals surface area (Å²) in [6.45, 7) is 2.00. The molecule has 0 aromatic carbocycles. The molecule has 1 aliphatic rings. The molecule has 1 rings (SSSR count). The molecule has 6 heteroatoms. The molecule has 0 aromatic heterocycles. The van der Waals surface area contributed by atoms with Gasteiger partial charge in [-0.15, -0.1) is 0 Å². The largest absolute Gasteiger partial charge is 0.393 e. The van der Waals surface area contributed by atoms with Gasteiger partial charge in [0, 0.05) is 26.7 Å². The minimum absolute atomic E-state index is 0.178. The van der Waals surface area contributed by atoms with Crippen LogP contribution >= 0.6 is 0 Å². The molecule has 6 nitrogen and oxygen atoms in total. The highest BCUT2D eigenvalue weighted by Crippen LogP contribution is 2.04. The van der Waals surface area contributed by atoms with Crippen molar-refractivity contribution in [3.05, 3.63) is 11.4 Å². The predicted octanol–water partition coefficient (Wildman–Crippen LogP) is -2.32. The van der Waals surface area contributed by atoms with Crippen molar-refractivity contribution in [1.29, 1.82) is 0 Å². The quantitative estimate of drug-likeness (QED) is 0.272. The third kappa shape index (κ3) is 2.10. The van der Waals surface area contributed by atoms with Gasteiger partial charge >= 0.3 is 0 Å². The molecule has 74 valence electrons. The zero-order valence-electron chi connectivity index (χ0n) is 7.63. The number of amides is 1. The van der Waals surface area contributed by atoms with Gasteiger partial charge in [0.25, 0.3) is 5.91 Å². The average Bonchev–Trinajstić information content (AvgIpc) is 2.16. The highest BCUT2D eigenvalue weighted by Gasteiger charge is 2.17. The van der Waals surface area contributed by atoms with Gasteiger partial charge in [-0.2, -0.15) is 0 Å². The molecule has 1 heterocycles. The highest BCUT2D eigenvalue weighted by molar-refractivity contribution is 5.92. The van der Waals surface area contributed by atoms with Crippen molar-refractivity contribution in [3.63, 3.8) is 0 Å². The zero-order chi connectivity index (χ0) is 9.84. The number of carbonyl (C=O) groups is 1. The molecule has 13 heavy (non-hydrogen) atoms. The lowest BCUT2D eigenvalue weighted by molar-refractivity contribution is -0.117. The first-order valence-corrected chi connectivity index (χ1v) is 4.10. The number of likely N-dealkylation sites (N-methyl/N-ethyl adjacent to an activating group) is 1. The van der Waals surface area contributed by atoms with Crippen LogP contribution in [0, 0.1) is 0 Å². The maximum Gasteiger partial charge on any atom is 0.268 e. The first-order chi connectivity index (χ1) is 6.16. The summed E-state index contributed by atoms with van der Waals surface area (Å²) in [5, 5.41) is 7.04. The Morgan fingerprint density at radius 1 is 1.69 bits per heavy atom. The monoisotopic (exact) mass is 185 g/mol. The molecule has 0 radical (unpaired) electrons. The summed E-state index contributed by atoms with van der Waals surface area (Å²) in [7, 11) is 1.53. The fourth-order valence-corrected chi connectivity index (χ4v) is 1.16. The summed E-state index contributed by atoms with van der Waals surface area (Å²) in [6.07, 6.45) is 0. The van der Waals surface area contributed by atoms with E-state index in [2.05, 4.69) is 10.6 Å². The van der Waals surface area contributed by atoms with Gasteiger partial charge in [-0.05, 0) is 0 Å². The van der Waals surface area contributed by atoms with Gasteiger partial charge in [0.15, 0.2) is 0 Å². The van der Waals surface area contributed by atoms with Gasteiger partial charge in [-0.3, -0.25) is 4.79 Å².